The number of halogens is 1. The zero-order chi connectivity index (χ0) is 33.0. The van der Waals surface area contributed by atoms with Crippen LogP contribution in [-0.4, -0.2) is 9.55 Å². The summed E-state index contributed by atoms with van der Waals surface area (Å²) >= 11 is 0. The molecule has 5 aromatic carbocycles. The minimum absolute atomic E-state index is 0.139. The maximum Gasteiger partial charge on any atom is 0.147 e. The first-order chi connectivity index (χ1) is 23.3. The number of pyridine rings is 1. The summed E-state index contributed by atoms with van der Waals surface area (Å²) in [6.07, 6.45) is 6.04. The van der Waals surface area contributed by atoms with Crippen LogP contribution in [-0.2, 0) is 5.41 Å². The minimum Gasteiger partial charge on any atom is -0.314 e. The van der Waals surface area contributed by atoms with Gasteiger partial charge in [-0.05, 0) is 113 Å². The fourth-order valence-electron chi connectivity index (χ4n) is 7.27. The van der Waals surface area contributed by atoms with E-state index in [-0.39, 0.29) is 11.2 Å². The average Bonchev–Trinajstić information content (AvgIpc) is 3.49. The summed E-state index contributed by atoms with van der Waals surface area (Å²) in [6.45, 7) is 9.14. The SMILES string of the molecule is Cc1c(C)n(-c2ccccc2)c2cc3c(cc12)-c1ccc(C=Cc2ccc(N(c4ccccn4)c4ccccc4F)cc2)cc1C3(C)C. The van der Waals surface area contributed by atoms with Crippen LogP contribution >= 0.6 is 0 Å². The first kappa shape index (κ1) is 29.6. The Labute approximate surface area is 281 Å². The van der Waals surface area contributed by atoms with Crippen LogP contribution in [0.25, 0.3) is 39.9 Å². The highest BCUT2D eigenvalue weighted by Gasteiger charge is 2.36. The van der Waals surface area contributed by atoms with Crippen molar-refractivity contribution in [1.82, 2.24) is 9.55 Å². The fourth-order valence-corrected chi connectivity index (χ4v) is 7.27. The topological polar surface area (TPSA) is 21.1 Å². The van der Waals surface area contributed by atoms with Gasteiger partial charge in [-0.2, -0.15) is 0 Å². The molecule has 0 fully saturated rings. The number of nitrogens with zero attached hydrogens (tertiary/aromatic N) is 3. The third kappa shape index (κ3) is 4.84. The van der Waals surface area contributed by atoms with Gasteiger partial charge >= 0.3 is 0 Å². The average molecular weight is 626 g/mol. The third-order valence-electron chi connectivity index (χ3n) is 9.95. The van der Waals surface area contributed by atoms with Crippen molar-refractivity contribution < 1.29 is 4.39 Å². The summed E-state index contributed by atoms with van der Waals surface area (Å²) in [5.41, 5.74) is 13.8. The molecule has 0 spiro atoms. The van der Waals surface area contributed by atoms with Crippen LogP contribution in [0.5, 0.6) is 0 Å². The first-order valence-electron chi connectivity index (χ1n) is 16.4. The lowest BCUT2D eigenvalue weighted by Crippen LogP contribution is -2.15. The Morgan fingerprint density at radius 3 is 2.12 bits per heavy atom. The Hall–Kier alpha value is -5.74. The van der Waals surface area contributed by atoms with Crippen LogP contribution in [0.2, 0.25) is 0 Å². The van der Waals surface area contributed by atoms with Gasteiger partial charge in [-0.3, -0.25) is 4.90 Å². The van der Waals surface area contributed by atoms with Crippen molar-refractivity contribution in [3.8, 4) is 16.8 Å². The van der Waals surface area contributed by atoms with E-state index in [1.54, 1.807) is 18.3 Å². The number of para-hydroxylation sites is 2. The zero-order valence-corrected chi connectivity index (χ0v) is 27.6. The van der Waals surface area contributed by atoms with Crippen LogP contribution in [0.4, 0.5) is 21.6 Å². The molecule has 0 amide bonds. The molecule has 3 nitrogen and oxygen atoms in total. The van der Waals surface area contributed by atoms with Crippen molar-refractivity contribution in [1.29, 1.82) is 0 Å². The molecule has 2 aromatic heterocycles. The molecule has 0 saturated heterocycles. The van der Waals surface area contributed by atoms with Crippen molar-refractivity contribution in [2.75, 3.05) is 4.90 Å². The molecule has 0 atom stereocenters. The normalized spacial score (nSPS) is 13.2. The predicted molar refractivity (Wildman–Crippen MR) is 198 cm³/mol. The van der Waals surface area contributed by atoms with Gasteiger partial charge in [-0.1, -0.05) is 92.7 Å². The summed E-state index contributed by atoms with van der Waals surface area (Å²) in [5.74, 6) is 0.362. The maximum atomic E-state index is 14.9. The van der Waals surface area contributed by atoms with Crippen LogP contribution in [0.15, 0.2) is 134 Å². The van der Waals surface area contributed by atoms with Gasteiger partial charge in [0, 0.05) is 34.1 Å². The van der Waals surface area contributed by atoms with E-state index in [0.717, 1.165) is 16.8 Å². The second kappa shape index (κ2) is 11.5. The minimum atomic E-state index is -0.298. The second-order valence-electron chi connectivity index (χ2n) is 13.1. The zero-order valence-electron chi connectivity index (χ0n) is 27.6. The largest absolute Gasteiger partial charge is 0.314 e. The van der Waals surface area contributed by atoms with Crippen molar-refractivity contribution in [2.24, 2.45) is 0 Å². The lowest BCUT2D eigenvalue weighted by molar-refractivity contribution is 0.628. The van der Waals surface area contributed by atoms with Crippen molar-refractivity contribution in [2.45, 2.75) is 33.1 Å². The number of anilines is 3. The molecule has 2 heterocycles. The Kier molecular flexibility index (Phi) is 7.10. The second-order valence-corrected chi connectivity index (χ2v) is 13.1. The van der Waals surface area contributed by atoms with E-state index >= 15 is 0 Å². The lowest BCUT2D eigenvalue weighted by Gasteiger charge is -2.24. The van der Waals surface area contributed by atoms with Gasteiger partial charge in [0.1, 0.15) is 11.6 Å². The molecule has 1 aliphatic carbocycles. The summed E-state index contributed by atoms with van der Waals surface area (Å²) < 4.78 is 17.3. The number of hydrogen-bond acceptors (Lipinski definition) is 2. The molecule has 0 saturated carbocycles. The van der Waals surface area contributed by atoms with Gasteiger partial charge in [-0.15, -0.1) is 0 Å². The van der Waals surface area contributed by atoms with Crippen LogP contribution in [0, 0.1) is 19.7 Å². The molecule has 7 aromatic rings. The van der Waals surface area contributed by atoms with E-state index in [2.05, 4.69) is 122 Å². The molecule has 0 aliphatic heterocycles. The van der Waals surface area contributed by atoms with Crippen LogP contribution < -0.4 is 4.90 Å². The van der Waals surface area contributed by atoms with Gasteiger partial charge in [0.15, 0.2) is 0 Å². The molecule has 1 aliphatic rings. The highest BCUT2D eigenvalue weighted by Crippen LogP contribution is 2.51. The summed E-state index contributed by atoms with van der Waals surface area (Å²) in [4.78, 5) is 6.35. The van der Waals surface area contributed by atoms with Crippen LogP contribution in [0.1, 0.15) is 47.4 Å². The monoisotopic (exact) mass is 625 g/mol. The van der Waals surface area contributed by atoms with Gasteiger partial charge < -0.3 is 4.57 Å². The van der Waals surface area contributed by atoms with Gasteiger partial charge in [0.25, 0.3) is 0 Å². The molecule has 234 valence electrons. The first-order valence-corrected chi connectivity index (χ1v) is 16.4. The summed E-state index contributed by atoms with van der Waals surface area (Å²) in [5, 5.41) is 1.31. The smallest absolute Gasteiger partial charge is 0.147 e. The molecule has 8 rings (SSSR count). The van der Waals surface area contributed by atoms with Gasteiger partial charge in [-0.25, -0.2) is 9.37 Å². The quantitative estimate of drug-likeness (QED) is 0.171. The van der Waals surface area contributed by atoms with E-state index in [4.69, 9.17) is 0 Å². The number of fused-ring (bicyclic) bond motifs is 4. The predicted octanol–water partition coefficient (Wildman–Crippen LogP) is 11.7. The van der Waals surface area contributed by atoms with Crippen molar-refractivity contribution >= 4 is 40.2 Å². The Bertz CT molecular complexity index is 2330. The molecular weight excluding hydrogens is 590 g/mol. The summed E-state index contributed by atoms with van der Waals surface area (Å²) in [6, 6.07) is 42.9. The van der Waals surface area contributed by atoms with Crippen molar-refractivity contribution in [3.63, 3.8) is 0 Å². The highest BCUT2D eigenvalue weighted by atomic mass is 19.1. The van der Waals surface area contributed by atoms with E-state index in [0.29, 0.717) is 11.5 Å². The number of benzene rings is 5. The highest BCUT2D eigenvalue weighted by molar-refractivity contribution is 5.96. The third-order valence-corrected chi connectivity index (χ3v) is 9.95. The Balaban J connectivity index is 1.11. The van der Waals surface area contributed by atoms with E-state index in [1.165, 1.54) is 56.2 Å². The summed E-state index contributed by atoms with van der Waals surface area (Å²) in [7, 11) is 0. The molecule has 0 unspecified atom stereocenters. The molecule has 4 heteroatoms. The number of rotatable bonds is 6. The van der Waals surface area contributed by atoms with Crippen molar-refractivity contribution in [3.05, 3.63) is 173 Å². The molecule has 0 bridgehead atoms. The van der Waals surface area contributed by atoms with Gasteiger partial charge in [0.05, 0.1) is 11.2 Å². The molecule has 0 N–H and O–H groups in total. The Morgan fingerprint density at radius 2 is 1.38 bits per heavy atom. The molecular formula is C44H36FN3. The van der Waals surface area contributed by atoms with Crippen LogP contribution in [0.3, 0.4) is 0 Å². The Morgan fingerprint density at radius 1 is 0.688 bits per heavy atom. The number of aromatic nitrogens is 2. The lowest BCUT2D eigenvalue weighted by atomic mass is 9.81. The fraction of sp³-hybridized carbons (Fsp3) is 0.114. The molecule has 48 heavy (non-hydrogen) atoms. The number of aryl methyl sites for hydroxylation is 1. The van der Waals surface area contributed by atoms with E-state index < -0.39 is 0 Å². The van der Waals surface area contributed by atoms with E-state index in [9.17, 15) is 4.39 Å². The molecule has 0 radical (unpaired) electrons. The van der Waals surface area contributed by atoms with Gasteiger partial charge in [0.2, 0.25) is 0 Å². The maximum absolute atomic E-state index is 14.9. The standard InChI is InChI=1S/C44H36FN3/c1-29-30(2)47(33-12-6-5-7-13-33)42-28-39-37(27-36(29)42)35-24-21-32(26-38(35)44(39,3)4)18-17-31-19-22-34(23-20-31)48(43-16-10-11-25-46-43)41-15-9-8-14-40(41)45/h5-28H,1-4H3. The van der Waals surface area contributed by atoms with E-state index in [1.807, 2.05) is 41.3 Å². The number of hydrogen-bond donors (Lipinski definition) is 0.